The highest BCUT2D eigenvalue weighted by Gasteiger charge is 2.44. The Hall–Kier alpha value is -1.06. The highest BCUT2D eigenvalue weighted by Crippen LogP contribution is 2.39. The molecule has 0 radical (unpaired) electrons. The molecule has 0 aromatic rings. The van der Waals surface area contributed by atoms with Gasteiger partial charge in [0.1, 0.15) is 11.4 Å². The number of carbonyl (C=O) groups excluding carboxylic acids is 2. The molecule has 2 saturated heterocycles. The van der Waals surface area contributed by atoms with Crippen LogP contribution in [0, 0.1) is 11.3 Å². The molecule has 0 spiro atoms. The summed E-state index contributed by atoms with van der Waals surface area (Å²) in [5.41, 5.74) is -0.432. The van der Waals surface area contributed by atoms with Gasteiger partial charge in [0, 0.05) is 24.4 Å². The second-order valence-corrected chi connectivity index (χ2v) is 9.50. The Labute approximate surface area is 140 Å². The lowest BCUT2D eigenvalue weighted by molar-refractivity contribution is -0.128. The molecule has 2 rings (SSSR count). The van der Waals surface area contributed by atoms with Crippen LogP contribution in [0.15, 0.2) is 0 Å². The van der Waals surface area contributed by atoms with Gasteiger partial charge in [-0.1, -0.05) is 20.8 Å². The van der Waals surface area contributed by atoms with Crippen molar-refractivity contribution in [2.24, 2.45) is 11.3 Å². The maximum atomic E-state index is 12.6. The first-order valence-corrected chi connectivity index (χ1v) is 9.00. The largest absolute Gasteiger partial charge is 0.444 e. The average Bonchev–Trinajstić information content (AvgIpc) is 2.32. The SMILES string of the molecule is CC(C)(C)CC(=O)C1CC2CCCC(C1)N2C(=O)OC(C)(C)C. The molecule has 0 aliphatic carbocycles. The molecule has 2 aliphatic heterocycles. The van der Waals surface area contributed by atoms with Crippen molar-refractivity contribution in [1.29, 1.82) is 0 Å². The van der Waals surface area contributed by atoms with Gasteiger partial charge >= 0.3 is 6.09 Å². The normalized spacial score (nSPS) is 28.4. The number of amides is 1. The first kappa shape index (κ1) is 18.3. The van der Waals surface area contributed by atoms with Crippen LogP contribution in [0.1, 0.15) is 80.1 Å². The number of carbonyl (C=O) groups is 2. The zero-order valence-electron chi connectivity index (χ0n) is 15.6. The minimum atomic E-state index is -0.468. The molecule has 2 bridgehead atoms. The smallest absolute Gasteiger partial charge is 0.410 e. The Morgan fingerprint density at radius 1 is 1.00 bits per heavy atom. The molecule has 4 nitrogen and oxygen atoms in total. The number of rotatable bonds is 2. The van der Waals surface area contributed by atoms with Crippen molar-refractivity contribution in [3.63, 3.8) is 0 Å². The van der Waals surface area contributed by atoms with Crippen molar-refractivity contribution < 1.29 is 14.3 Å². The number of fused-ring (bicyclic) bond motifs is 2. The van der Waals surface area contributed by atoms with Crippen molar-refractivity contribution in [2.45, 2.75) is 97.8 Å². The average molecular weight is 323 g/mol. The van der Waals surface area contributed by atoms with Gasteiger partial charge in [-0.3, -0.25) is 4.79 Å². The molecule has 0 saturated carbocycles. The van der Waals surface area contributed by atoms with Crippen LogP contribution < -0.4 is 0 Å². The molecule has 23 heavy (non-hydrogen) atoms. The molecular formula is C19H33NO3. The fraction of sp³-hybridized carbons (Fsp3) is 0.895. The molecule has 0 aromatic carbocycles. The van der Waals surface area contributed by atoms with Gasteiger partial charge < -0.3 is 9.64 Å². The van der Waals surface area contributed by atoms with Gasteiger partial charge in [0.15, 0.2) is 0 Å². The van der Waals surface area contributed by atoms with E-state index in [0.29, 0.717) is 12.2 Å². The summed E-state index contributed by atoms with van der Waals surface area (Å²) in [6, 6.07) is 0.345. The maximum Gasteiger partial charge on any atom is 0.410 e. The van der Waals surface area contributed by atoms with Crippen LogP contribution in [-0.2, 0) is 9.53 Å². The van der Waals surface area contributed by atoms with E-state index < -0.39 is 5.60 Å². The van der Waals surface area contributed by atoms with Crippen molar-refractivity contribution >= 4 is 11.9 Å². The van der Waals surface area contributed by atoms with E-state index in [1.54, 1.807) is 0 Å². The van der Waals surface area contributed by atoms with E-state index >= 15 is 0 Å². The Kier molecular flexibility index (Phi) is 5.12. The van der Waals surface area contributed by atoms with E-state index in [-0.39, 0.29) is 29.5 Å². The Balaban J connectivity index is 2.06. The predicted octanol–water partition coefficient (Wildman–Crippen LogP) is 4.56. The lowest BCUT2D eigenvalue weighted by Gasteiger charge is -2.48. The summed E-state index contributed by atoms with van der Waals surface area (Å²) in [6.45, 7) is 12.0. The molecule has 2 aliphatic rings. The number of hydrogen-bond acceptors (Lipinski definition) is 3. The van der Waals surface area contributed by atoms with Gasteiger partial charge in [-0.2, -0.15) is 0 Å². The van der Waals surface area contributed by atoms with Crippen LogP contribution in [0.2, 0.25) is 0 Å². The van der Waals surface area contributed by atoms with Crippen LogP contribution in [0.5, 0.6) is 0 Å². The van der Waals surface area contributed by atoms with E-state index in [1.165, 1.54) is 0 Å². The minimum absolute atomic E-state index is 0.0362. The number of hydrogen-bond donors (Lipinski definition) is 0. The number of nitrogens with zero attached hydrogens (tertiary/aromatic N) is 1. The van der Waals surface area contributed by atoms with Crippen molar-refractivity contribution in [2.75, 3.05) is 0 Å². The van der Waals surface area contributed by atoms with Crippen molar-refractivity contribution in [1.82, 2.24) is 4.90 Å². The first-order chi connectivity index (χ1) is 10.5. The fourth-order valence-electron chi connectivity index (χ4n) is 3.92. The van der Waals surface area contributed by atoms with Gasteiger partial charge in [-0.05, 0) is 58.3 Å². The van der Waals surface area contributed by atoms with Crippen molar-refractivity contribution in [3.8, 4) is 0 Å². The molecule has 2 heterocycles. The van der Waals surface area contributed by atoms with Crippen molar-refractivity contribution in [3.05, 3.63) is 0 Å². The third-order valence-corrected chi connectivity index (χ3v) is 4.74. The second-order valence-electron chi connectivity index (χ2n) is 9.50. The quantitative estimate of drug-likeness (QED) is 0.748. The first-order valence-electron chi connectivity index (χ1n) is 9.00. The lowest BCUT2D eigenvalue weighted by atomic mass is 9.74. The van der Waals surface area contributed by atoms with E-state index in [1.807, 2.05) is 25.7 Å². The molecule has 4 heteroatoms. The third kappa shape index (κ3) is 4.95. The molecular weight excluding hydrogens is 290 g/mol. The summed E-state index contributed by atoms with van der Waals surface area (Å²) in [5, 5.41) is 0. The third-order valence-electron chi connectivity index (χ3n) is 4.74. The number of Topliss-reactive ketones (excluding diaryl/α,β-unsaturated/α-hetero) is 1. The van der Waals surface area contributed by atoms with E-state index in [2.05, 4.69) is 20.8 Å². The van der Waals surface area contributed by atoms with E-state index in [4.69, 9.17) is 4.74 Å². The van der Waals surface area contributed by atoms with Gasteiger partial charge in [-0.25, -0.2) is 4.79 Å². The summed E-state index contributed by atoms with van der Waals surface area (Å²) in [7, 11) is 0. The fourth-order valence-corrected chi connectivity index (χ4v) is 3.92. The number of ketones is 1. The lowest BCUT2D eigenvalue weighted by Crippen LogP contribution is -2.56. The summed E-state index contributed by atoms with van der Waals surface area (Å²) in [6.07, 6.45) is 5.19. The predicted molar refractivity (Wildman–Crippen MR) is 91.3 cm³/mol. The highest BCUT2D eigenvalue weighted by atomic mass is 16.6. The topological polar surface area (TPSA) is 46.6 Å². The van der Waals surface area contributed by atoms with Crippen LogP contribution in [0.3, 0.4) is 0 Å². The Bertz CT molecular complexity index is 444. The van der Waals surface area contributed by atoms with E-state index in [0.717, 1.165) is 32.1 Å². The maximum absolute atomic E-state index is 12.6. The molecule has 0 N–H and O–H groups in total. The van der Waals surface area contributed by atoms with Crippen LogP contribution in [-0.4, -0.2) is 34.5 Å². The molecule has 2 atom stereocenters. The summed E-state index contributed by atoms with van der Waals surface area (Å²) in [4.78, 5) is 27.1. The Morgan fingerprint density at radius 2 is 1.52 bits per heavy atom. The number of ether oxygens (including phenoxy) is 1. The zero-order valence-corrected chi connectivity index (χ0v) is 15.6. The molecule has 2 fully saturated rings. The van der Waals surface area contributed by atoms with E-state index in [9.17, 15) is 9.59 Å². The van der Waals surface area contributed by atoms with Crippen LogP contribution in [0.25, 0.3) is 0 Å². The van der Waals surface area contributed by atoms with Gasteiger partial charge in [0.05, 0.1) is 0 Å². The van der Waals surface area contributed by atoms with Gasteiger partial charge in [0.25, 0.3) is 0 Å². The standard InChI is InChI=1S/C19H33NO3/c1-18(2,3)12-16(21)13-10-14-8-7-9-15(11-13)20(14)17(22)23-19(4,5)6/h13-15H,7-12H2,1-6H3. The van der Waals surface area contributed by atoms with Crippen LogP contribution in [0.4, 0.5) is 4.79 Å². The zero-order chi connectivity index (χ0) is 17.4. The highest BCUT2D eigenvalue weighted by molar-refractivity contribution is 5.82. The summed E-state index contributed by atoms with van der Waals surface area (Å²) in [5.74, 6) is 0.487. The summed E-state index contributed by atoms with van der Waals surface area (Å²) >= 11 is 0. The van der Waals surface area contributed by atoms with Gasteiger partial charge in [-0.15, -0.1) is 0 Å². The monoisotopic (exact) mass is 323 g/mol. The molecule has 1 amide bonds. The molecule has 132 valence electrons. The molecule has 2 unspecified atom stereocenters. The van der Waals surface area contributed by atoms with Gasteiger partial charge in [0.2, 0.25) is 0 Å². The Morgan fingerprint density at radius 3 is 1.96 bits per heavy atom. The number of piperidine rings is 2. The second kappa shape index (κ2) is 6.45. The van der Waals surface area contributed by atoms with Crippen LogP contribution >= 0.6 is 0 Å². The minimum Gasteiger partial charge on any atom is -0.444 e. The molecule has 0 aromatic heterocycles. The summed E-state index contributed by atoms with van der Waals surface area (Å²) < 4.78 is 5.59.